The number of nitrogens with one attached hydrogen (secondary N) is 2. The molecule has 0 aliphatic rings. The van der Waals surface area contributed by atoms with Gasteiger partial charge in [0.1, 0.15) is 18.2 Å². The third-order valence-electron chi connectivity index (χ3n) is 11.2. The van der Waals surface area contributed by atoms with E-state index in [0.29, 0.717) is 6.42 Å². The van der Waals surface area contributed by atoms with Gasteiger partial charge in [0.15, 0.2) is 0 Å². The van der Waals surface area contributed by atoms with Crippen LogP contribution in [0.4, 0.5) is 0 Å². The highest BCUT2D eigenvalue weighted by molar-refractivity contribution is 5.89. The number of carbonyl (C=O) groups excluding carboxylic acids is 4. The number of amides is 2. The molecule has 0 spiro atoms. The molecule has 1 aromatic rings. The molecule has 0 fully saturated rings. The Labute approximate surface area is 367 Å². The minimum atomic E-state index is -1.59. The van der Waals surface area contributed by atoms with Crippen LogP contribution in [0, 0.1) is 22.7 Å². The van der Waals surface area contributed by atoms with Gasteiger partial charge in [-0.2, -0.15) is 0 Å². The van der Waals surface area contributed by atoms with Crippen molar-refractivity contribution < 1.29 is 48.5 Å². The third kappa shape index (κ3) is 23.2. The number of rotatable bonds is 30. The summed E-state index contributed by atoms with van der Waals surface area (Å²) in [5, 5.41) is 26.8. The van der Waals surface area contributed by atoms with Gasteiger partial charge in [0.05, 0.1) is 5.92 Å². The van der Waals surface area contributed by atoms with Crippen molar-refractivity contribution in [1.82, 2.24) is 10.6 Å². The van der Waals surface area contributed by atoms with E-state index >= 15 is 0 Å². The first kappa shape index (κ1) is 55.1. The van der Waals surface area contributed by atoms with E-state index in [1.807, 2.05) is 51.1 Å². The number of unbranched alkanes of at least 4 members (excludes halogenated alkanes) is 11. The molecular formula is C49H82N2O10. The summed E-state index contributed by atoms with van der Waals surface area (Å²) in [7, 11) is 0. The Morgan fingerprint density at radius 1 is 0.639 bits per heavy atom. The summed E-state index contributed by atoms with van der Waals surface area (Å²) in [6.07, 6.45) is 12.4. The average molecular weight is 859 g/mol. The molecule has 2 amide bonds. The van der Waals surface area contributed by atoms with Crippen LogP contribution in [0.15, 0.2) is 30.3 Å². The summed E-state index contributed by atoms with van der Waals surface area (Å²) in [5.41, 5.74) is -3.37. The highest BCUT2D eigenvalue weighted by atomic mass is 16.6. The van der Waals surface area contributed by atoms with Crippen LogP contribution in [0.2, 0.25) is 0 Å². The van der Waals surface area contributed by atoms with Crippen LogP contribution >= 0.6 is 0 Å². The number of hydrogen-bond acceptors (Lipinski definition) is 8. The summed E-state index contributed by atoms with van der Waals surface area (Å²) >= 11 is 0. The molecule has 12 nitrogen and oxygen atoms in total. The zero-order valence-corrected chi connectivity index (χ0v) is 39.4. The van der Waals surface area contributed by atoms with Gasteiger partial charge in [0.25, 0.3) is 0 Å². The number of benzene rings is 1. The summed E-state index contributed by atoms with van der Waals surface area (Å²) in [5.74, 6) is -6.59. The zero-order chi connectivity index (χ0) is 46.3. The van der Waals surface area contributed by atoms with Gasteiger partial charge in [0.2, 0.25) is 11.8 Å². The molecule has 0 aliphatic heterocycles. The van der Waals surface area contributed by atoms with Crippen molar-refractivity contribution in [2.45, 2.75) is 215 Å². The lowest BCUT2D eigenvalue weighted by Crippen LogP contribution is -2.64. The molecule has 4 unspecified atom stereocenters. The fourth-order valence-corrected chi connectivity index (χ4v) is 8.41. The van der Waals surface area contributed by atoms with Crippen LogP contribution in [0.1, 0.15) is 197 Å². The van der Waals surface area contributed by atoms with Crippen molar-refractivity contribution in [3.05, 3.63) is 35.9 Å². The predicted molar refractivity (Wildman–Crippen MR) is 239 cm³/mol. The fourth-order valence-electron chi connectivity index (χ4n) is 8.41. The smallest absolute Gasteiger partial charge is 0.307 e. The molecule has 0 saturated heterocycles. The first-order valence-electron chi connectivity index (χ1n) is 22.9. The van der Waals surface area contributed by atoms with E-state index in [9.17, 15) is 39.0 Å². The number of ether oxygens (including phenoxy) is 2. The van der Waals surface area contributed by atoms with Crippen LogP contribution in [-0.2, 0) is 44.8 Å². The first-order chi connectivity index (χ1) is 28.4. The van der Waals surface area contributed by atoms with E-state index in [0.717, 1.165) is 31.2 Å². The van der Waals surface area contributed by atoms with Gasteiger partial charge >= 0.3 is 23.9 Å². The lowest BCUT2D eigenvalue weighted by atomic mass is 9.55. The summed E-state index contributed by atoms with van der Waals surface area (Å²) in [6.45, 7) is 18.3. The van der Waals surface area contributed by atoms with Crippen LogP contribution in [0.3, 0.4) is 0 Å². The van der Waals surface area contributed by atoms with E-state index in [1.165, 1.54) is 44.9 Å². The van der Waals surface area contributed by atoms with Crippen molar-refractivity contribution in [3.63, 3.8) is 0 Å². The summed E-state index contributed by atoms with van der Waals surface area (Å²) in [6, 6.07) is 7.89. The Kier molecular flexibility index (Phi) is 24.5. The number of hydrogen-bond donors (Lipinski definition) is 4. The van der Waals surface area contributed by atoms with Gasteiger partial charge < -0.3 is 30.3 Å². The van der Waals surface area contributed by atoms with Crippen molar-refractivity contribution >= 4 is 35.7 Å². The molecule has 1 rings (SSSR count). The quantitative estimate of drug-likeness (QED) is 0.0429. The fraction of sp³-hybridized carbons (Fsp3) is 0.755. The van der Waals surface area contributed by atoms with Crippen LogP contribution < -0.4 is 10.6 Å². The zero-order valence-electron chi connectivity index (χ0n) is 39.4. The molecule has 1 aromatic carbocycles. The van der Waals surface area contributed by atoms with E-state index in [1.54, 1.807) is 41.5 Å². The predicted octanol–water partition coefficient (Wildman–Crippen LogP) is 10.3. The van der Waals surface area contributed by atoms with Crippen molar-refractivity contribution in [3.8, 4) is 0 Å². The largest absolute Gasteiger partial charge is 0.481 e. The molecule has 0 radical (unpaired) electrons. The molecule has 0 bridgehead atoms. The van der Waals surface area contributed by atoms with Gasteiger partial charge in [-0.25, -0.2) is 0 Å². The molecule has 0 aromatic heterocycles. The van der Waals surface area contributed by atoms with E-state index < -0.39 is 76.1 Å². The maximum Gasteiger partial charge on any atom is 0.307 e. The molecule has 4 atom stereocenters. The number of carbonyl (C=O) groups is 6. The maximum absolute atomic E-state index is 14.8. The Morgan fingerprint density at radius 3 is 1.64 bits per heavy atom. The second-order valence-electron chi connectivity index (χ2n) is 20.1. The van der Waals surface area contributed by atoms with Crippen LogP contribution in [0.25, 0.3) is 0 Å². The van der Waals surface area contributed by atoms with Gasteiger partial charge in [0, 0.05) is 37.1 Å². The third-order valence-corrected chi connectivity index (χ3v) is 11.2. The monoisotopic (exact) mass is 859 g/mol. The van der Waals surface area contributed by atoms with Gasteiger partial charge in [-0.15, -0.1) is 0 Å². The summed E-state index contributed by atoms with van der Waals surface area (Å²) in [4.78, 5) is 80.2. The Morgan fingerprint density at radius 2 is 1.16 bits per heavy atom. The highest BCUT2D eigenvalue weighted by Gasteiger charge is 2.55. The van der Waals surface area contributed by atoms with E-state index in [-0.39, 0.29) is 51.0 Å². The normalized spacial score (nSPS) is 14.5. The molecule has 0 saturated carbocycles. The molecule has 0 aliphatic carbocycles. The molecule has 348 valence electrons. The number of carboxylic acid groups (broad SMARTS) is 2. The Bertz CT molecular complexity index is 1490. The molecule has 4 N–H and O–H groups in total. The lowest BCUT2D eigenvalue weighted by Gasteiger charge is -2.53. The number of carboxylic acids is 2. The minimum absolute atomic E-state index is 0.0292. The minimum Gasteiger partial charge on any atom is -0.481 e. The first-order valence-corrected chi connectivity index (χ1v) is 22.9. The standard InChI is InChI=1S/C49H82N2O10/c1-11-12-13-14-15-16-17-18-19-20-21-25-28-38(52)50-37(29-30-40(55)60-35-36-26-23-22-24-27-36)44(57)51-49(33-31-39(53)54,34-32-41(56)61-48(8,9)10)43(47(5,6)7)42(45(58)59)46(2,3)4/h22-24,26-27,37,42-43H,11-21,25,28-35H2,1-10H3,(H,50,52)(H,51,57)(H,53,54)(H,58,59). The topological polar surface area (TPSA) is 185 Å². The second-order valence-corrected chi connectivity index (χ2v) is 20.1. The van der Waals surface area contributed by atoms with Gasteiger partial charge in [-0.1, -0.05) is 149 Å². The molecule has 0 heterocycles. The molecular weight excluding hydrogens is 777 g/mol. The lowest BCUT2D eigenvalue weighted by molar-refractivity contribution is -0.159. The van der Waals surface area contributed by atoms with Gasteiger partial charge in [-0.05, 0) is 62.8 Å². The second kappa shape index (κ2) is 27.2. The average Bonchev–Trinajstić information content (AvgIpc) is 3.14. The van der Waals surface area contributed by atoms with Crippen LogP contribution in [0.5, 0.6) is 0 Å². The van der Waals surface area contributed by atoms with Crippen molar-refractivity contribution in [2.75, 3.05) is 0 Å². The Balaban J connectivity index is 3.49. The summed E-state index contributed by atoms with van der Waals surface area (Å²) < 4.78 is 11.1. The van der Waals surface area contributed by atoms with Crippen molar-refractivity contribution in [2.24, 2.45) is 22.7 Å². The Hall–Kier alpha value is -3.96. The SMILES string of the molecule is CCCCCCCCCCCCCCC(=O)NC(CCC(=O)OCc1ccccc1)C(=O)NC(CCC(=O)O)(CCC(=O)OC(C)(C)C)C(C(C(=O)O)C(C)(C)C)C(C)(C)C. The molecule has 61 heavy (non-hydrogen) atoms. The number of esters is 2. The van der Waals surface area contributed by atoms with Gasteiger partial charge in [-0.3, -0.25) is 28.8 Å². The van der Waals surface area contributed by atoms with Crippen molar-refractivity contribution in [1.29, 1.82) is 0 Å². The van der Waals surface area contributed by atoms with E-state index in [2.05, 4.69) is 17.6 Å². The maximum atomic E-state index is 14.8. The number of aliphatic carboxylic acids is 2. The highest BCUT2D eigenvalue weighted by Crippen LogP contribution is 2.50. The molecule has 12 heteroatoms. The van der Waals surface area contributed by atoms with Crippen LogP contribution in [-0.4, -0.2) is 63.1 Å². The van der Waals surface area contributed by atoms with E-state index in [4.69, 9.17) is 9.47 Å².